The molecule has 0 fully saturated rings. The predicted molar refractivity (Wildman–Crippen MR) is 79.4 cm³/mol. The summed E-state index contributed by atoms with van der Waals surface area (Å²) < 4.78 is 40.9. The molecule has 0 radical (unpaired) electrons. The normalized spacial score (nSPS) is 17.8. The van der Waals surface area contributed by atoms with Crippen molar-refractivity contribution in [2.45, 2.75) is 31.5 Å². The molecule has 2 N–H and O–H groups in total. The lowest BCUT2D eigenvalue weighted by Gasteiger charge is -2.36. The van der Waals surface area contributed by atoms with Crippen molar-refractivity contribution in [2.24, 2.45) is 0 Å². The molecule has 128 valence electrons. The van der Waals surface area contributed by atoms with Gasteiger partial charge in [0.25, 0.3) is 0 Å². The van der Waals surface area contributed by atoms with Crippen molar-refractivity contribution in [3.05, 3.63) is 35.5 Å². The number of aromatic nitrogens is 1. The molecule has 0 saturated carbocycles. The zero-order valence-electron chi connectivity index (χ0n) is 12.6. The molecule has 5 nitrogen and oxygen atoms in total. The van der Waals surface area contributed by atoms with Gasteiger partial charge in [0.2, 0.25) is 5.91 Å². The van der Waals surface area contributed by atoms with Gasteiger partial charge in [-0.05, 0) is 18.1 Å². The Bertz CT molecular complexity index is 797. The lowest BCUT2D eigenvalue weighted by molar-refractivity contribution is -0.195. The molecule has 1 unspecified atom stereocenters. The van der Waals surface area contributed by atoms with Crippen molar-refractivity contribution in [1.82, 2.24) is 9.88 Å². The second kappa shape index (κ2) is 5.85. The van der Waals surface area contributed by atoms with Gasteiger partial charge in [-0.1, -0.05) is 18.2 Å². The van der Waals surface area contributed by atoms with Crippen LogP contribution in [0.1, 0.15) is 30.1 Å². The molecule has 1 aromatic heterocycles. The highest BCUT2D eigenvalue weighted by molar-refractivity contribution is 5.86. The van der Waals surface area contributed by atoms with Gasteiger partial charge in [-0.15, -0.1) is 0 Å². The molecule has 1 amide bonds. The van der Waals surface area contributed by atoms with Gasteiger partial charge in [-0.3, -0.25) is 9.59 Å². The number of para-hydroxylation sites is 1. The number of amides is 1. The Morgan fingerprint density at radius 3 is 2.62 bits per heavy atom. The number of carboxylic acid groups (broad SMARTS) is 1. The zero-order chi connectivity index (χ0) is 17.5. The third kappa shape index (κ3) is 2.83. The van der Waals surface area contributed by atoms with Crippen LogP contribution >= 0.6 is 0 Å². The van der Waals surface area contributed by atoms with Crippen molar-refractivity contribution in [3.63, 3.8) is 0 Å². The summed E-state index contributed by atoms with van der Waals surface area (Å²) in [5, 5.41) is 9.36. The maximum Gasteiger partial charge on any atom is 0.414 e. The summed E-state index contributed by atoms with van der Waals surface area (Å²) in [6, 6.07) is 4.85. The van der Waals surface area contributed by atoms with E-state index in [4.69, 9.17) is 5.11 Å². The number of aliphatic carboxylic acids is 1. The Labute approximate surface area is 135 Å². The van der Waals surface area contributed by atoms with E-state index < -0.39 is 36.9 Å². The Hall–Kier alpha value is -2.51. The second-order valence-corrected chi connectivity index (χ2v) is 5.74. The lowest BCUT2D eigenvalue weighted by atomic mass is 9.96. The summed E-state index contributed by atoms with van der Waals surface area (Å²) in [5.41, 5.74) is 1.13. The fourth-order valence-electron chi connectivity index (χ4n) is 3.21. The minimum atomic E-state index is -4.64. The van der Waals surface area contributed by atoms with Gasteiger partial charge in [0.1, 0.15) is 0 Å². The van der Waals surface area contributed by atoms with Crippen molar-refractivity contribution < 1.29 is 27.9 Å². The van der Waals surface area contributed by atoms with E-state index in [1.165, 1.54) is 0 Å². The first-order valence-corrected chi connectivity index (χ1v) is 7.46. The molecule has 0 saturated heterocycles. The average molecular weight is 340 g/mol. The molecule has 2 heterocycles. The van der Waals surface area contributed by atoms with E-state index in [2.05, 4.69) is 4.98 Å². The third-order valence-corrected chi connectivity index (χ3v) is 4.22. The number of benzene rings is 1. The number of carbonyl (C=O) groups excluding carboxylic acids is 1. The predicted octanol–water partition coefficient (Wildman–Crippen LogP) is 3.02. The molecule has 1 aromatic carbocycles. The maximum atomic E-state index is 13.6. The van der Waals surface area contributed by atoms with Crippen LogP contribution in [0.5, 0.6) is 0 Å². The van der Waals surface area contributed by atoms with Crippen LogP contribution in [-0.2, 0) is 16.0 Å². The SMILES string of the molecule is O=C(O)CCC(=O)N1CCc2c([nH]c3ccccc23)C1C(F)(F)F. The fraction of sp³-hybridized carbons (Fsp3) is 0.375. The molecule has 3 rings (SSSR count). The highest BCUT2D eigenvalue weighted by atomic mass is 19.4. The first kappa shape index (κ1) is 16.4. The third-order valence-electron chi connectivity index (χ3n) is 4.22. The number of nitrogens with one attached hydrogen (secondary N) is 1. The van der Waals surface area contributed by atoms with Crippen LogP contribution in [0.25, 0.3) is 10.9 Å². The van der Waals surface area contributed by atoms with E-state index in [1.807, 2.05) is 0 Å². The van der Waals surface area contributed by atoms with Gasteiger partial charge in [0.15, 0.2) is 6.04 Å². The topological polar surface area (TPSA) is 73.4 Å². The Morgan fingerprint density at radius 2 is 1.96 bits per heavy atom. The fourth-order valence-corrected chi connectivity index (χ4v) is 3.21. The summed E-state index contributed by atoms with van der Waals surface area (Å²) in [7, 11) is 0. The van der Waals surface area contributed by atoms with Gasteiger partial charge in [0, 0.05) is 23.9 Å². The molecule has 0 spiro atoms. The van der Waals surface area contributed by atoms with Crippen molar-refractivity contribution in [2.75, 3.05) is 6.54 Å². The molecule has 2 aromatic rings. The van der Waals surface area contributed by atoms with E-state index >= 15 is 0 Å². The number of hydrogen-bond acceptors (Lipinski definition) is 2. The number of halogens is 3. The molecule has 0 bridgehead atoms. The van der Waals surface area contributed by atoms with Gasteiger partial charge >= 0.3 is 12.1 Å². The molecule has 1 atom stereocenters. The number of H-pyrrole nitrogens is 1. The molecule has 24 heavy (non-hydrogen) atoms. The van der Waals surface area contributed by atoms with E-state index in [0.29, 0.717) is 17.5 Å². The number of carbonyl (C=O) groups is 2. The van der Waals surface area contributed by atoms with Crippen molar-refractivity contribution in [1.29, 1.82) is 0 Å². The number of rotatable bonds is 3. The van der Waals surface area contributed by atoms with Crippen molar-refractivity contribution in [3.8, 4) is 0 Å². The summed E-state index contributed by atoms with van der Waals surface area (Å²) in [4.78, 5) is 26.2. The first-order valence-electron chi connectivity index (χ1n) is 7.46. The highest BCUT2D eigenvalue weighted by Crippen LogP contribution is 2.43. The van der Waals surface area contributed by atoms with E-state index in [9.17, 15) is 22.8 Å². The van der Waals surface area contributed by atoms with Crippen LogP contribution in [0, 0.1) is 0 Å². The molecule has 8 heteroatoms. The molecular formula is C16H15F3N2O3. The largest absolute Gasteiger partial charge is 0.481 e. The summed E-state index contributed by atoms with van der Waals surface area (Å²) >= 11 is 0. The lowest BCUT2D eigenvalue weighted by Crippen LogP contribution is -2.46. The van der Waals surface area contributed by atoms with Gasteiger partial charge in [-0.2, -0.15) is 13.2 Å². The van der Waals surface area contributed by atoms with Crippen LogP contribution in [0.3, 0.4) is 0 Å². The second-order valence-electron chi connectivity index (χ2n) is 5.74. The number of hydrogen-bond donors (Lipinski definition) is 2. The molecular weight excluding hydrogens is 325 g/mol. The van der Waals surface area contributed by atoms with Gasteiger partial charge in [0.05, 0.1) is 12.1 Å². The Balaban J connectivity index is 2.01. The standard InChI is InChI=1S/C16H15F3N2O3/c17-16(18,19)15-14-10(9-3-1-2-4-11(9)20-14)7-8-21(15)12(22)5-6-13(23)24/h1-4,15,20H,5-8H2,(H,23,24). The average Bonchev–Trinajstić information content (AvgIpc) is 2.88. The molecule has 1 aliphatic rings. The first-order chi connectivity index (χ1) is 11.3. The Kier molecular flexibility index (Phi) is 3.98. The number of aromatic amines is 1. The van der Waals surface area contributed by atoms with E-state index in [1.54, 1.807) is 24.3 Å². The van der Waals surface area contributed by atoms with Crippen LogP contribution in [0.2, 0.25) is 0 Å². The minimum absolute atomic E-state index is 0.0291. The summed E-state index contributed by atoms with van der Waals surface area (Å²) in [5.74, 6) is -2.01. The molecule has 1 aliphatic heterocycles. The monoisotopic (exact) mass is 340 g/mol. The smallest absolute Gasteiger partial charge is 0.414 e. The van der Waals surface area contributed by atoms with Crippen LogP contribution in [0.15, 0.2) is 24.3 Å². The van der Waals surface area contributed by atoms with Crippen LogP contribution in [0.4, 0.5) is 13.2 Å². The van der Waals surface area contributed by atoms with Crippen LogP contribution < -0.4 is 0 Å². The summed E-state index contributed by atoms with van der Waals surface area (Å²) in [6.07, 6.45) is -5.28. The summed E-state index contributed by atoms with van der Waals surface area (Å²) in [6.45, 7) is -0.0858. The Morgan fingerprint density at radius 1 is 1.25 bits per heavy atom. The quantitative estimate of drug-likeness (QED) is 0.902. The zero-order valence-corrected chi connectivity index (χ0v) is 12.6. The number of nitrogens with zero attached hydrogens (tertiary/aromatic N) is 1. The highest BCUT2D eigenvalue weighted by Gasteiger charge is 2.50. The molecule has 0 aliphatic carbocycles. The number of fused-ring (bicyclic) bond motifs is 3. The number of alkyl halides is 3. The van der Waals surface area contributed by atoms with Gasteiger partial charge in [-0.25, -0.2) is 0 Å². The maximum absolute atomic E-state index is 13.6. The minimum Gasteiger partial charge on any atom is -0.481 e. The van der Waals surface area contributed by atoms with E-state index in [0.717, 1.165) is 10.3 Å². The van der Waals surface area contributed by atoms with Crippen molar-refractivity contribution >= 4 is 22.8 Å². The number of carboxylic acids is 1. The van der Waals surface area contributed by atoms with Crippen LogP contribution in [-0.4, -0.2) is 39.6 Å². The van der Waals surface area contributed by atoms with Gasteiger partial charge < -0.3 is 15.0 Å². The van der Waals surface area contributed by atoms with E-state index in [-0.39, 0.29) is 12.2 Å².